The first-order chi connectivity index (χ1) is 15.2. The molecule has 1 aromatic heterocycles. The number of nitrogens with zero attached hydrogens (tertiary/aromatic N) is 1. The maximum Gasteiger partial charge on any atom is 0.329 e. The Hall–Kier alpha value is -3.67. The van der Waals surface area contributed by atoms with Gasteiger partial charge in [0.05, 0.1) is 11.3 Å². The highest BCUT2D eigenvalue weighted by Gasteiger charge is 2.42. The van der Waals surface area contributed by atoms with Crippen molar-refractivity contribution in [2.45, 2.75) is 45.6 Å². The largest absolute Gasteiger partial charge is 0.340 e. The summed E-state index contributed by atoms with van der Waals surface area (Å²) in [4.78, 5) is 41.6. The van der Waals surface area contributed by atoms with Gasteiger partial charge >= 0.3 is 5.69 Å². The van der Waals surface area contributed by atoms with E-state index in [9.17, 15) is 14.4 Å². The van der Waals surface area contributed by atoms with E-state index in [1.807, 2.05) is 49.4 Å². The lowest BCUT2D eigenvalue weighted by atomic mass is 9.79. The van der Waals surface area contributed by atoms with Crippen LogP contribution in [0, 0.1) is 0 Å². The van der Waals surface area contributed by atoms with Gasteiger partial charge in [0, 0.05) is 29.2 Å². The zero-order chi connectivity index (χ0) is 22.8. The van der Waals surface area contributed by atoms with Crippen LogP contribution in [-0.4, -0.2) is 15.3 Å². The number of fused-ring (bicyclic) bond motifs is 3. The van der Waals surface area contributed by atoms with Crippen LogP contribution in [-0.2, 0) is 12.0 Å². The number of H-pyrrole nitrogens is 1. The summed E-state index contributed by atoms with van der Waals surface area (Å²) in [5, 5.41) is 3.28. The number of carbonyl (C=O) groups is 1. The standard InChI is InChI=1S/C26H25N3O3/c1-5-29-23-20(24(31)28-25(29)32)18(14-10-12-15(13-11-14)26(2,3)4)19-21(27-23)16-8-6-7-9-17(16)22(19)30/h6-13,18,27H,5H2,1-4H3,(H,28,31,32)/t18-/m0/s1. The molecule has 0 fully saturated rings. The fourth-order valence-corrected chi connectivity index (χ4v) is 4.78. The second kappa shape index (κ2) is 6.92. The van der Waals surface area contributed by atoms with Crippen molar-refractivity contribution in [3.63, 3.8) is 0 Å². The molecule has 162 valence electrons. The fourth-order valence-electron chi connectivity index (χ4n) is 4.78. The number of allylic oxidation sites excluding steroid dienone is 1. The molecule has 32 heavy (non-hydrogen) atoms. The minimum absolute atomic E-state index is 0.0193. The Labute approximate surface area is 185 Å². The van der Waals surface area contributed by atoms with Gasteiger partial charge in [0.1, 0.15) is 5.82 Å². The molecule has 2 aromatic carbocycles. The van der Waals surface area contributed by atoms with E-state index in [-0.39, 0.29) is 11.2 Å². The molecule has 0 bridgehead atoms. The van der Waals surface area contributed by atoms with Crippen molar-refractivity contribution < 1.29 is 4.79 Å². The van der Waals surface area contributed by atoms with E-state index >= 15 is 0 Å². The Morgan fingerprint density at radius 3 is 2.22 bits per heavy atom. The Balaban J connectivity index is 1.81. The molecule has 2 aliphatic rings. The van der Waals surface area contributed by atoms with Crippen LogP contribution in [0.1, 0.15) is 66.2 Å². The topological polar surface area (TPSA) is 84.0 Å². The first kappa shape index (κ1) is 20.2. The highest BCUT2D eigenvalue weighted by Crippen LogP contribution is 2.47. The fraction of sp³-hybridized carbons (Fsp3) is 0.269. The van der Waals surface area contributed by atoms with Gasteiger partial charge in [0.15, 0.2) is 5.78 Å². The maximum atomic E-state index is 13.5. The molecule has 1 atom stereocenters. The lowest BCUT2D eigenvalue weighted by Crippen LogP contribution is -2.38. The van der Waals surface area contributed by atoms with Crippen molar-refractivity contribution in [1.29, 1.82) is 0 Å². The minimum Gasteiger partial charge on any atom is -0.340 e. The minimum atomic E-state index is -0.572. The summed E-state index contributed by atoms with van der Waals surface area (Å²) in [5.74, 6) is -0.209. The maximum absolute atomic E-state index is 13.5. The number of benzene rings is 2. The molecule has 5 rings (SSSR count). The molecular formula is C26H25N3O3. The molecule has 0 saturated carbocycles. The van der Waals surface area contributed by atoms with Crippen molar-refractivity contribution in [3.05, 3.63) is 103 Å². The second-order valence-corrected chi connectivity index (χ2v) is 9.36. The predicted octanol–water partition coefficient (Wildman–Crippen LogP) is 4.02. The van der Waals surface area contributed by atoms with Gasteiger partial charge in [-0.05, 0) is 23.5 Å². The number of hydrogen-bond acceptors (Lipinski definition) is 4. The average molecular weight is 428 g/mol. The van der Waals surface area contributed by atoms with Crippen LogP contribution < -0.4 is 16.6 Å². The van der Waals surface area contributed by atoms with E-state index in [0.29, 0.717) is 34.8 Å². The first-order valence-electron chi connectivity index (χ1n) is 10.8. The Bertz CT molecular complexity index is 1420. The van der Waals surface area contributed by atoms with E-state index in [1.54, 1.807) is 6.07 Å². The Kier molecular flexibility index (Phi) is 4.38. The lowest BCUT2D eigenvalue weighted by Gasteiger charge is -2.30. The normalized spacial score (nSPS) is 17.0. The molecule has 2 N–H and O–H groups in total. The van der Waals surface area contributed by atoms with Crippen molar-refractivity contribution >= 4 is 17.3 Å². The number of anilines is 1. The molecule has 0 saturated heterocycles. The van der Waals surface area contributed by atoms with Crippen LogP contribution in [0.2, 0.25) is 0 Å². The molecule has 0 spiro atoms. The van der Waals surface area contributed by atoms with Gasteiger partial charge in [-0.25, -0.2) is 4.79 Å². The van der Waals surface area contributed by atoms with Gasteiger partial charge in [-0.1, -0.05) is 69.3 Å². The van der Waals surface area contributed by atoms with Gasteiger partial charge in [-0.15, -0.1) is 0 Å². The number of rotatable bonds is 2. The van der Waals surface area contributed by atoms with Crippen molar-refractivity contribution in [3.8, 4) is 0 Å². The van der Waals surface area contributed by atoms with Crippen LogP contribution >= 0.6 is 0 Å². The first-order valence-corrected chi connectivity index (χ1v) is 10.8. The van der Waals surface area contributed by atoms with E-state index in [1.165, 1.54) is 4.57 Å². The molecular weight excluding hydrogens is 402 g/mol. The average Bonchev–Trinajstić information content (AvgIpc) is 3.04. The number of hydrogen-bond donors (Lipinski definition) is 2. The summed E-state index contributed by atoms with van der Waals surface area (Å²) in [6.45, 7) is 8.67. The molecule has 2 heterocycles. The van der Waals surface area contributed by atoms with E-state index in [0.717, 1.165) is 16.7 Å². The zero-order valence-corrected chi connectivity index (χ0v) is 18.6. The molecule has 0 radical (unpaired) electrons. The number of nitrogens with one attached hydrogen (secondary N) is 2. The molecule has 0 amide bonds. The third-order valence-corrected chi connectivity index (χ3v) is 6.44. The number of aromatic nitrogens is 2. The van der Waals surface area contributed by atoms with Crippen LogP contribution in [0.4, 0.5) is 5.82 Å². The van der Waals surface area contributed by atoms with E-state index < -0.39 is 17.2 Å². The lowest BCUT2D eigenvalue weighted by molar-refractivity contribution is 0.103. The summed E-state index contributed by atoms with van der Waals surface area (Å²) in [6, 6.07) is 15.5. The monoisotopic (exact) mass is 427 g/mol. The smallest absolute Gasteiger partial charge is 0.329 e. The summed E-state index contributed by atoms with van der Waals surface area (Å²) < 4.78 is 1.52. The van der Waals surface area contributed by atoms with E-state index in [4.69, 9.17) is 0 Å². The summed E-state index contributed by atoms with van der Waals surface area (Å²) in [7, 11) is 0. The van der Waals surface area contributed by atoms with Crippen LogP contribution in [0.3, 0.4) is 0 Å². The number of ketones is 1. The highest BCUT2D eigenvalue weighted by atomic mass is 16.2. The number of Topliss-reactive ketones (excluding diaryl/α,β-unsaturated/α-hetero) is 1. The van der Waals surface area contributed by atoms with Crippen LogP contribution in [0.15, 0.2) is 63.7 Å². The zero-order valence-electron chi connectivity index (χ0n) is 18.6. The Morgan fingerprint density at radius 2 is 1.59 bits per heavy atom. The molecule has 0 unspecified atom stereocenters. The van der Waals surface area contributed by atoms with Gasteiger partial charge in [0.25, 0.3) is 5.56 Å². The van der Waals surface area contributed by atoms with Gasteiger partial charge in [-0.3, -0.25) is 19.1 Å². The third-order valence-electron chi connectivity index (χ3n) is 6.44. The van der Waals surface area contributed by atoms with Crippen LogP contribution in [0.5, 0.6) is 0 Å². The van der Waals surface area contributed by atoms with Gasteiger partial charge in [0.2, 0.25) is 0 Å². The molecule has 6 heteroatoms. The van der Waals surface area contributed by atoms with Crippen molar-refractivity contribution in [1.82, 2.24) is 9.55 Å². The van der Waals surface area contributed by atoms with Gasteiger partial charge in [-0.2, -0.15) is 0 Å². The molecule has 6 nitrogen and oxygen atoms in total. The SMILES string of the molecule is CCn1c2c(c(=O)[nH]c1=O)[C@@H](c1ccc(C(C)(C)C)cc1)C1=C(N2)c2ccccc2C1=O. The van der Waals surface area contributed by atoms with Crippen molar-refractivity contribution in [2.24, 2.45) is 0 Å². The molecule has 1 aliphatic heterocycles. The highest BCUT2D eigenvalue weighted by molar-refractivity contribution is 6.23. The number of aromatic amines is 1. The summed E-state index contributed by atoms with van der Waals surface area (Å²) in [6.07, 6.45) is 0. The Morgan fingerprint density at radius 1 is 0.938 bits per heavy atom. The quantitative estimate of drug-likeness (QED) is 0.647. The predicted molar refractivity (Wildman–Crippen MR) is 125 cm³/mol. The second-order valence-electron chi connectivity index (χ2n) is 9.36. The summed E-state index contributed by atoms with van der Waals surface area (Å²) >= 11 is 0. The molecule has 1 aliphatic carbocycles. The molecule has 3 aromatic rings. The van der Waals surface area contributed by atoms with Crippen molar-refractivity contribution in [2.75, 3.05) is 5.32 Å². The van der Waals surface area contributed by atoms with E-state index in [2.05, 4.69) is 31.1 Å². The van der Waals surface area contributed by atoms with Crippen LogP contribution in [0.25, 0.3) is 5.70 Å². The van der Waals surface area contributed by atoms with Gasteiger partial charge < -0.3 is 5.32 Å². The number of carbonyl (C=O) groups excluding carboxylic acids is 1. The summed E-state index contributed by atoms with van der Waals surface area (Å²) in [5.41, 5.74) is 4.09. The third kappa shape index (κ3) is 2.83.